The molecule has 0 aliphatic rings. The molecule has 0 radical (unpaired) electrons. The molecule has 0 atom stereocenters. The topological polar surface area (TPSA) is 86.1 Å². The first-order chi connectivity index (χ1) is 12.7. The van der Waals surface area contributed by atoms with Gasteiger partial charge in [0.15, 0.2) is 0 Å². The van der Waals surface area contributed by atoms with Crippen LogP contribution in [0.2, 0.25) is 0 Å². The summed E-state index contributed by atoms with van der Waals surface area (Å²) in [5.41, 5.74) is 2.27. The summed E-state index contributed by atoms with van der Waals surface area (Å²) < 4.78 is 6.65. The highest BCUT2D eigenvalue weighted by Crippen LogP contribution is 2.17. The number of imidazole rings is 1. The molecule has 0 aliphatic heterocycles. The van der Waals surface area contributed by atoms with Gasteiger partial charge in [0.05, 0.1) is 23.7 Å². The van der Waals surface area contributed by atoms with Crippen molar-refractivity contribution in [1.82, 2.24) is 19.9 Å². The van der Waals surface area contributed by atoms with Crippen molar-refractivity contribution < 1.29 is 14.3 Å². The van der Waals surface area contributed by atoms with E-state index in [1.165, 1.54) is 13.3 Å². The molecule has 134 valence electrons. The van der Waals surface area contributed by atoms with Gasteiger partial charge in [-0.05, 0) is 30.7 Å². The molecule has 0 saturated carbocycles. The maximum atomic E-state index is 12.0. The number of nitrogens with one attached hydrogen (secondary N) is 1. The third-order valence-electron chi connectivity index (χ3n) is 4.03. The van der Waals surface area contributed by atoms with Crippen LogP contribution in [0.3, 0.4) is 0 Å². The van der Waals surface area contributed by atoms with Crippen LogP contribution in [0.5, 0.6) is 0 Å². The standard InChI is InChI=1S/C19H20N4O3/c1-26-18(24)13-23-16-8-3-2-7-15(16)22-17(23)9-5-11-21-19(25)14-6-4-10-20-12-14/h2-4,6-8,10,12H,5,9,11,13H2,1H3,(H,21,25). The highest BCUT2D eigenvalue weighted by atomic mass is 16.5. The lowest BCUT2D eigenvalue weighted by Gasteiger charge is -2.08. The van der Waals surface area contributed by atoms with Gasteiger partial charge in [-0.2, -0.15) is 0 Å². The van der Waals surface area contributed by atoms with Gasteiger partial charge in [-0.1, -0.05) is 12.1 Å². The predicted molar refractivity (Wildman–Crippen MR) is 96.6 cm³/mol. The Kier molecular flexibility index (Phi) is 5.58. The summed E-state index contributed by atoms with van der Waals surface area (Å²) in [7, 11) is 1.37. The van der Waals surface area contributed by atoms with Crippen LogP contribution in [-0.2, 0) is 22.5 Å². The summed E-state index contributed by atoms with van der Waals surface area (Å²) in [6, 6.07) is 11.1. The number of methoxy groups -OCH3 is 1. The Labute approximate surface area is 151 Å². The van der Waals surface area contributed by atoms with Crippen molar-refractivity contribution in [2.75, 3.05) is 13.7 Å². The number of benzene rings is 1. The van der Waals surface area contributed by atoms with Gasteiger partial charge >= 0.3 is 5.97 Å². The summed E-state index contributed by atoms with van der Waals surface area (Å²) in [6.07, 6.45) is 4.50. The zero-order chi connectivity index (χ0) is 18.4. The Morgan fingerprint density at radius 3 is 2.81 bits per heavy atom. The molecule has 0 saturated heterocycles. The minimum absolute atomic E-state index is 0.119. The number of carbonyl (C=O) groups is 2. The van der Waals surface area contributed by atoms with Gasteiger partial charge in [-0.3, -0.25) is 14.6 Å². The molecule has 2 heterocycles. The molecule has 26 heavy (non-hydrogen) atoms. The van der Waals surface area contributed by atoms with Crippen LogP contribution in [0.1, 0.15) is 22.6 Å². The minimum Gasteiger partial charge on any atom is -0.468 e. The van der Waals surface area contributed by atoms with Crippen molar-refractivity contribution in [3.63, 3.8) is 0 Å². The molecule has 7 heteroatoms. The largest absolute Gasteiger partial charge is 0.468 e. The molecule has 3 rings (SSSR count). The Hall–Kier alpha value is -3.22. The van der Waals surface area contributed by atoms with Crippen molar-refractivity contribution in [1.29, 1.82) is 0 Å². The Bertz CT molecular complexity index is 906. The molecule has 0 unspecified atom stereocenters. The van der Waals surface area contributed by atoms with E-state index in [1.807, 2.05) is 28.8 Å². The maximum Gasteiger partial charge on any atom is 0.325 e. The van der Waals surface area contributed by atoms with E-state index in [1.54, 1.807) is 18.3 Å². The van der Waals surface area contributed by atoms with Crippen molar-refractivity contribution in [3.05, 3.63) is 60.2 Å². The summed E-state index contributed by atoms with van der Waals surface area (Å²) in [5.74, 6) is 0.327. The second-order valence-corrected chi connectivity index (χ2v) is 5.78. The highest BCUT2D eigenvalue weighted by molar-refractivity contribution is 5.93. The van der Waals surface area contributed by atoms with Crippen molar-refractivity contribution in [3.8, 4) is 0 Å². The van der Waals surface area contributed by atoms with Crippen LogP contribution >= 0.6 is 0 Å². The average Bonchev–Trinajstić information content (AvgIpc) is 3.03. The third-order valence-corrected chi connectivity index (χ3v) is 4.03. The fourth-order valence-corrected chi connectivity index (χ4v) is 2.73. The van der Waals surface area contributed by atoms with E-state index in [4.69, 9.17) is 4.74 Å². The zero-order valence-electron chi connectivity index (χ0n) is 14.5. The zero-order valence-corrected chi connectivity index (χ0v) is 14.5. The lowest BCUT2D eigenvalue weighted by Crippen LogP contribution is -2.25. The van der Waals surface area contributed by atoms with Gasteiger partial charge < -0.3 is 14.6 Å². The number of amides is 1. The molecule has 3 aromatic rings. The van der Waals surface area contributed by atoms with Crippen molar-refractivity contribution in [2.45, 2.75) is 19.4 Å². The fraction of sp³-hybridized carbons (Fsp3) is 0.263. The maximum absolute atomic E-state index is 12.0. The number of aromatic nitrogens is 3. The summed E-state index contributed by atoms with van der Waals surface area (Å²) >= 11 is 0. The normalized spacial score (nSPS) is 10.7. The molecule has 0 fully saturated rings. The SMILES string of the molecule is COC(=O)Cn1c(CCCNC(=O)c2cccnc2)nc2ccccc21. The molecular formula is C19H20N4O3. The molecule has 1 aromatic carbocycles. The van der Waals surface area contributed by atoms with Crippen molar-refractivity contribution in [2.24, 2.45) is 0 Å². The molecule has 2 aromatic heterocycles. The molecule has 1 N–H and O–H groups in total. The van der Waals surface area contributed by atoms with Crippen LogP contribution in [0.4, 0.5) is 0 Å². The highest BCUT2D eigenvalue weighted by Gasteiger charge is 2.13. The number of para-hydroxylation sites is 2. The lowest BCUT2D eigenvalue weighted by molar-refractivity contribution is -0.141. The Balaban J connectivity index is 1.64. The number of fused-ring (bicyclic) bond motifs is 1. The average molecular weight is 352 g/mol. The lowest BCUT2D eigenvalue weighted by atomic mass is 10.2. The monoisotopic (exact) mass is 352 g/mol. The number of carbonyl (C=O) groups excluding carboxylic acids is 2. The van der Waals surface area contributed by atoms with Gasteiger partial charge in [-0.15, -0.1) is 0 Å². The van der Waals surface area contributed by atoms with E-state index in [9.17, 15) is 9.59 Å². The summed E-state index contributed by atoms with van der Waals surface area (Å²) in [6.45, 7) is 0.629. The van der Waals surface area contributed by atoms with Gasteiger partial charge in [0, 0.05) is 25.4 Å². The predicted octanol–water partition coefficient (Wildman–Crippen LogP) is 1.97. The van der Waals surface area contributed by atoms with Crippen molar-refractivity contribution >= 4 is 22.9 Å². The molecule has 0 aliphatic carbocycles. The van der Waals surface area contributed by atoms with E-state index in [-0.39, 0.29) is 18.4 Å². The number of ether oxygens (including phenoxy) is 1. The molecule has 1 amide bonds. The van der Waals surface area contributed by atoms with Gasteiger partial charge in [-0.25, -0.2) is 4.98 Å². The van der Waals surface area contributed by atoms with E-state index >= 15 is 0 Å². The second kappa shape index (κ2) is 8.24. The first-order valence-corrected chi connectivity index (χ1v) is 8.38. The number of aryl methyl sites for hydroxylation is 1. The number of hydrogen-bond acceptors (Lipinski definition) is 5. The number of esters is 1. The number of nitrogens with zero attached hydrogens (tertiary/aromatic N) is 3. The Morgan fingerprint density at radius 2 is 2.04 bits per heavy atom. The molecule has 0 bridgehead atoms. The van der Waals surface area contributed by atoms with Crippen LogP contribution in [0.15, 0.2) is 48.8 Å². The third kappa shape index (κ3) is 4.05. The number of hydrogen-bond donors (Lipinski definition) is 1. The summed E-state index contributed by atoms with van der Waals surface area (Å²) in [4.78, 5) is 32.3. The quantitative estimate of drug-likeness (QED) is 0.519. The van der Waals surface area contributed by atoms with E-state index in [2.05, 4.69) is 15.3 Å². The Morgan fingerprint density at radius 1 is 1.19 bits per heavy atom. The second-order valence-electron chi connectivity index (χ2n) is 5.78. The van der Waals surface area contributed by atoms with E-state index in [0.29, 0.717) is 24.9 Å². The van der Waals surface area contributed by atoms with E-state index < -0.39 is 0 Å². The molecule has 0 spiro atoms. The van der Waals surface area contributed by atoms with Gasteiger partial charge in [0.2, 0.25) is 0 Å². The van der Waals surface area contributed by atoms with Crippen LogP contribution < -0.4 is 5.32 Å². The first-order valence-electron chi connectivity index (χ1n) is 8.38. The van der Waals surface area contributed by atoms with Gasteiger partial charge in [0.1, 0.15) is 12.4 Å². The first kappa shape index (κ1) is 17.6. The van der Waals surface area contributed by atoms with Crippen LogP contribution in [-0.4, -0.2) is 40.1 Å². The number of pyridine rings is 1. The fourth-order valence-electron chi connectivity index (χ4n) is 2.73. The summed E-state index contributed by atoms with van der Waals surface area (Å²) in [5, 5.41) is 2.87. The van der Waals surface area contributed by atoms with Gasteiger partial charge in [0.25, 0.3) is 5.91 Å². The van der Waals surface area contributed by atoms with Crippen LogP contribution in [0, 0.1) is 0 Å². The van der Waals surface area contributed by atoms with E-state index in [0.717, 1.165) is 16.9 Å². The molecular weight excluding hydrogens is 332 g/mol. The smallest absolute Gasteiger partial charge is 0.325 e. The van der Waals surface area contributed by atoms with Crippen LogP contribution in [0.25, 0.3) is 11.0 Å². The molecule has 7 nitrogen and oxygen atoms in total. The minimum atomic E-state index is -0.320. The number of rotatable bonds is 7.